The fraction of sp³-hybridized carbons (Fsp3) is 0.250. The van der Waals surface area contributed by atoms with Crippen molar-refractivity contribution in [1.82, 2.24) is 4.98 Å². The first-order valence-corrected chi connectivity index (χ1v) is 6.82. The molecule has 20 heavy (non-hydrogen) atoms. The molecular weight excluding hydrogens is 250 g/mol. The summed E-state index contributed by atoms with van der Waals surface area (Å²) in [6.07, 6.45) is 5.89. The molecule has 0 spiro atoms. The highest BCUT2D eigenvalue weighted by Crippen LogP contribution is 2.29. The Hall–Kier alpha value is -2.36. The zero-order valence-corrected chi connectivity index (χ0v) is 11.2. The number of hydrogen-bond donors (Lipinski definition) is 1. The standard InChI is InChI=1S/C16H17N3O/c17-14-6-7-15-13(9-14)4-1-5-16(20)19(15)11-12-3-2-8-18-10-12/h2-3,6-10H,1,4-5,11,17H2. The smallest absolute Gasteiger partial charge is 0.227 e. The van der Waals surface area contributed by atoms with Gasteiger partial charge in [0.05, 0.1) is 6.54 Å². The van der Waals surface area contributed by atoms with Gasteiger partial charge in [-0.1, -0.05) is 6.07 Å². The van der Waals surface area contributed by atoms with E-state index in [0.717, 1.165) is 35.3 Å². The molecule has 1 aliphatic heterocycles. The van der Waals surface area contributed by atoms with Crippen LogP contribution in [0.3, 0.4) is 0 Å². The fourth-order valence-corrected chi connectivity index (χ4v) is 2.62. The molecule has 0 fully saturated rings. The van der Waals surface area contributed by atoms with E-state index in [4.69, 9.17) is 5.73 Å². The quantitative estimate of drug-likeness (QED) is 0.851. The Morgan fingerprint density at radius 2 is 2.15 bits per heavy atom. The lowest BCUT2D eigenvalue weighted by Crippen LogP contribution is -2.29. The zero-order chi connectivity index (χ0) is 13.9. The van der Waals surface area contributed by atoms with Crippen LogP contribution in [0.1, 0.15) is 24.0 Å². The summed E-state index contributed by atoms with van der Waals surface area (Å²) in [6.45, 7) is 0.559. The average Bonchev–Trinajstić information content (AvgIpc) is 2.60. The maximum atomic E-state index is 12.3. The van der Waals surface area contributed by atoms with Crippen molar-refractivity contribution in [3.63, 3.8) is 0 Å². The van der Waals surface area contributed by atoms with Crippen LogP contribution in [0.15, 0.2) is 42.7 Å². The van der Waals surface area contributed by atoms with Crippen molar-refractivity contribution in [2.24, 2.45) is 0 Å². The number of carbonyl (C=O) groups is 1. The molecule has 1 aliphatic rings. The molecule has 0 bridgehead atoms. The fourth-order valence-electron chi connectivity index (χ4n) is 2.62. The second-order valence-electron chi connectivity index (χ2n) is 5.08. The number of pyridine rings is 1. The van der Waals surface area contributed by atoms with Crippen LogP contribution in [0.4, 0.5) is 11.4 Å². The largest absolute Gasteiger partial charge is 0.399 e. The summed E-state index contributed by atoms with van der Waals surface area (Å²) in [4.78, 5) is 18.3. The number of aromatic nitrogens is 1. The van der Waals surface area contributed by atoms with E-state index in [9.17, 15) is 4.79 Å². The third-order valence-electron chi connectivity index (χ3n) is 3.60. The molecule has 1 aromatic carbocycles. The predicted octanol–water partition coefficient (Wildman–Crippen LogP) is 2.53. The number of carbonyl (C=O) groups excluding carboxylic acids is 1. The molecular formula is C16H17N3O. The van der Waals surface area contributed by atoms with Crippen molar-refractivity contribution >= 4 is 17.3 Å². The number of rotatable bonds is 2. The lowest BCUT2D eigenvalue weighted by Gasteiger charge is -2.23. The number of nitrogen functional groups attached to an aromatic ring is 1. The van der Waals surface area contributed by atoms with E-state index in [0.29, 0.717) is 13.0 Å². The molecule has 1 amide bonds. The number of amides is 1. The van der Waals surface area contributed by atoms with Gasteiger partial charge in [-0.2, -0.15) is 0 Å². The lowest BCUT2D eigenvalue weighted by atomic mass is 10.1. The summed E-state index contributed by atoms with van der Waals surface area (Å²) in [5.74, 6) is 0.164. The van der Waals surface area contributed by atoms with Gasteiger partial charge in [-0.05, 0) is 48.2 Å². The van der Waals surface area contributed by atoms with Crippen molar-refractivity contribution in [3.8, 4) is 0 Å². The molecule has 2 aromatic rings. The van der Waals surface area contributed by atoms with Crippen molar-refractivity contribution in [2.45, 2.75) is 25.8 Å². The summed E-state index contributed by atoms with van der Waals surface area (Å²) >= 11 is 0. The third-order valence-corrected chi connectivity index (χ3v) is 3.60. The average molecular weight is 267 g/mol. The molecule has 102 valence electrons. The summed E-state index contributed by atoms with van der Waals surface area (Å²) in [6, 6.07) is 9.66. The minimum Gasteiger partial charge on any atom is -0.399 e. The molecule has 0 atom stereocenters. The second kappa shape index (κ2) is 5.33. The highest BCUT2D eigenvalue weighted by atomic mass is 16.2. The molecule has 0 unspecified atom stereocenters. The number of benzene rings is 1. The van der Waals surface area contributed by atoms with Gasteiger partial charge in [-0.3, -0.25) is 9.78 Å². The molecule has 4 heteroatoms. The molecule has 0 saturated carbocycles. The van der Waals surface area contributed by atoms with Crippen LogP contribution in [-0.2, 0) is 17.8 Å². The van der Waals surface area contributed by atoms with Gasteiger partial charge in [-0.15, -0.1) is 0 Å². The van der Waals surface area contributed by atoms with Gasteiger partial charge in [-0.25, -0.2) is 0 Å². The monoisotopic (exact) mass is 267 g/mol. The Labute approximate surface area is 118 Å². The Bertz CT molecular complexity index is 625. The molecule has 3 rings (SSSR count). The number of anilines is 2. The van der Waals surface area contributed by atoms with Crippen molar-refractivity contribution in [2.75, 3.05) is 10.6 Å². The van der Waals surface area contributed by atoms with E-state index < -0.39 is 0 Å². The van der Waals surface area contributed by atoms with Gasteiger partial charge in [0.2, 0.25) is 5.91 Å². The van der Waals surface area contributed by atoms with Crippen LogP contribution in [0, 0.1) is 0 Å². The molecule has 4 nitrogen and oxygen atoms in total. The number of nitrogens with zero attached hydrogens (tertiary/aromatic N) is 2. The molecule has 0 saturated heterocycles. The zero-order valence-electron chi connectivity index (χ0n) is 11.2. The number of hydrogen-bond acceptors (Lipinski definition) is 3. The van der Waals surface area contributed by atoms with Crippen LogP contribution in [-0.4, -0.2) is 10.9 Å². The highest BCUT2D eigenvalue weighted by Gasteiger charge is 2.22. The summed E-state index contributed by atoms with van der Waals surface area (Å²) in [7, 11) is 0. The summed E-state index contributed by atoms with van der Waals surface area (Å²) < 4.78 is 0. The molecule has 2 heterocycles. The number of fused-ring (bicyclic) bond motifs is 1. The van der Waals surface area contributed by atoms with Crippen LogP contribution >= 0.6 is 0 Å². The SMILES string of the molecule is Nc1ccc2c(c1)CCCC(=O)N2Cc1cccnc1. The van der Waals surface area contributed by atoms with Crippen molar-refractivity contribution in [3.05, 3.63) is 53.9 Å². The van der Waals surface area contributed by atoms with Crippen LogP contribution in [0.5, 0.6) is 0 Å². The van der Waals surface area contributed by atoms with Gasteiger partial charge in [0.15, 0.2) is 0 Å². The Morgan fingerprint density at radius 1 is 1.25 bits per heavy atom. The van der Waals surface area contributed by atoms with Gasteiger partial charge >= 0.3 is 0 Å². The third kappa shape index (κ3) is 2.50. The minimum atomic E-state index is 0.164. The van der Waals surface area contributed by atoms with E-state index in [1.165, 1.54) is 0 Å². The van der Waals surface area contributed by atoms with Crippen molar-refractivity contribution < 1.29 is 4.79 Å². The molecule has 1 aromatic heterocycles. The van der Waals surface area contributed by atoms with Crippen molar-refractivity contribution in [1.29, 1.82) is 0 Å². The number of nitrogens with two attached hydrogens (primary N) is 1. The van der Waals surface area contributed by atoms with Crippen LogP contribution in [0.2, 0.25) is 0 Å². The normalized spacial score (nSPS) is 14.8. The summed E-state index contributed by atoms with van der Waals surface area (Å²) in [5.41, 5.74) is 9.76. The number of aryl methyl sites for hydroxylation is 1. The Balaban J connectivity index is 1.98. The van der Waals surface area contributed by atoms with E-state index in [1.807, 2.05) is 35.2 Å². The first-order valence-electron chi connectivity index (χ1n) is 6.82. The summed E-state index contributed by atoms with van der Waals surface area (Å²) in [5, 5.41) is 0. The van der Waals surface area contributed by atoms with E-state index in [2.05, 4.69) is 4.98 Å². The van der Waals surface area contributed by atoms with E-state index >= 15 is 0 Å². The Morgan fingerprint density at radius 3 is 2.95 bits per heavy atom. The van der Waals surface area contributed by atoms with Gasteiger partial charge in [0.1, 0.15) is 0 Å². The van der Waals surface area contributed by atoms with E-state index in [1.54, 1.807) is 12.4 Å². The van der Waals surface area contributed by atoms with Gasteiger partial charge < -0.3 is 10.6 Å². The molecule has 2 N–H and O–H groups in total. The topological polar surface area (TPSA) is 59.2 Å². The first-order chi connectivity index (χ1) is 9.74. The predicted molar refractivity (Wildman–Crippen MR) is 79.2 cm³/mol. The Kier molecular flexibility index (Phi) is 3.37. The molecule has 0 radical (unpaired) electrons. The maximum absolute atomic E-state index is 12.3. The minimum absolute atomic E-state index is 0.164. The molecule has 0 aliphatic carbocycles. The first kappa shape index (κ1) is 12.7. The van der Waals surface area contributed by atoms with Crippen LogP contribution in [0.25, 0.3) is 0 Å². The lowest BCUT2D eigenvalue weighted by molar-refractivity contribution is -0.118. The maximum Gasteiger partial charge on any atom is 0.227 e. The van der Waals surface area contributed by atoms with Gasteiger partial charge in [0, 0.05) is 30.2 Å². The van der Waals surface area contributed by atoms with E-state index in [-0.39, 0.29) is 5.91 Å². The second-order valence-corrected chi connectivity index (χ2v) is 5.08. The van der Waals surface area contributed by atoms with Crippen LogP contribution < -0.4 is 10.6 Å². The van der Waals surface area contributed by atoms with Gasteiger partial charge in [0.25, 0.3) is 0 Å². The highest BCUT2D eigenvalue weighted by molar-refractivity contribution is 5.95.